The van der Waals surface area contributed by atoms with Gasteiger partial charge in [-0.05, 0) is 74.9 Å². The molecule has 3 aromatic rings. The minimum absolute atomic E-state index is 0.118. The number of aryl methyl sites for hydroxylation is 6. The van der Waals surface area contributed by atoms with Crippen LogP contribution in [0.5, 0.6) is 5.75 Å². The van der Waals surface area contributed by atoms with Crippen molar-refractivity contribution < 1.29 is 5.11 Å². The maximum absolute atomic E-state index is 13.3. The fraction of sp³-hybridized carbons (Fsp3) is 0.250. The first-order valence-corrected chi connectivity index (χ1v) is 8.76. The highest BCUT2D eigenvalue weighted by Crippen LogP contribution is 2.43. The largest absolute Gasteiger partial charge is 0.289 e. The van der Waals surface area contributed by atoms with E-state index in [0.717, 1.165) is 44.5 Å². The molecule has 127 valence electrons. The number of hydrogen-bond donors (Lipinski definition) is 0. The van der Waals surface area contributed by atoms with Crippen molar-refractivity contribution in [1.29, 1.82) is 0 Å². The molecule has 0 atom stereocenters. The monoisotopic (exact) mass is 329 g/mol. The number of hydrogen-bond acceptors (Lipinski definition) is 0. The zero-order chi connectivity index (χ0) is 18.3. The van der Waals surface area contributed by atoms with Crippen LogP contribution in [0.15, 0.2) is 42.5 Å². The molecule has 0 amide bonds. The average molecular weight is 329 g/mol. The maximum Gasteiger partial charge on any atom is 0.194 e. The van der Waals surface area contributed by atoms with Crippen LogP contribution in [0.4, 0.5) is 0 Å². The lowest BCUT2D eigenvalue weighted by atomic mass is 9.88. The van der Waals surface area contributed by atoms with E-state index >= 15 is 0 Å². The molecule has 0 aliphatic rings. The van der Waals surface area contributed by atoms with Crippen LogP contribution in [0.25, 0.3) is 22.3 Å². The van der Waals surface area contributed by atoms with Crippen LogP contribution in [0.2, 0.25) is 0 Å². The second-order valence-corrected chi connectivity index (χ2v) is 7.23. The predicted molar refractivity (Wildman–Crippen MR) is 106 cm³/mol. The quantitative estimate of drug-likeness (QED) is 0.481. The van der Waals surface area contributed by atoms with Gasteiger partial charge < -0.3 is 0 Å². The van der Waals surface area contributed by atoms with Crippen LogP contribution in [0.3, 0.4) is 0 Å². The lowest BCUT2D eigenvalue weighted by Crippen LogP contribution is -1.94. The summed E-state index contributed by atoms with van der Waals surface area (Å²) in [7, 11) is 0. The third-order valence-electron chi connectivity index (χ3n) is 4.91. The van der Waals surface area contributed by atoms with Crippen LogP contribution in [-0.2, 0) is 5.11 Å². The lowest BCUT2D eigenvalue weighted by molar-refractivity contribution is 0.358. The molecule has 0 bridgehead atoms. The summed E-state index contributed by atoms with van der Waals surface area (Å²) in [5.74, 6) is 0.118. The summed E-state index contributed by atoms with van der Waals surface area (Å²) in [5, 5.41) is 13.3. The average Bonchev–Trinajstić information content (AvgIpc) is 2.48. The molecular formula is C24H25O. The normalized spacial score (nSPS) is 11.0. The Morgan fingerprint density at radius 1 is 0.560 bits per heavy atom. The predicted octanol–water partition coefficient (Wildman–Crippen LogP) is 7.01. The molecule has 1 heteroatoms. The Morgan fingerprint density at radius 3 is 1.20 bits per heavy atom. The molecular weight excluding hydrogens is 304 g/mol. The van der Waals surface area contributed by atoms with Crippen molar-refractivity contribution in [2.45, 2.75) is 41.5 Å². The van der Waals surface area contributed by atoms with Crippen molar-refractivity contribution in [2.75, 3.05) is 0 Å². The number of rotatable bonds is 2. The van der Waals surface area contributed by atoms with Gasteiger partial charge in [-0.2, -0.15) is 0 Å². The van der Waals surface area contributed by atoms with Crippen molar-refractivity contribution in [3.63, 3.8) is 0 Å². The van der Waals surface area contributed by atoms with Gasteiger partial charge in [0.15, 0.2) is 5.75 Å². The fourth-order valence-corrected chi connectivity index (χ4v) is 4.14. The standard InChI is InChI=1S/C24H25O/c1-14-10-16(3)22(17(4)11-14)20-8-7-9-21(24(20)25)23-18(5)12-15(2)13-19(23)6/h7-13H,1-6H3. The van der Waals surface area contributed by atoms with Crippen LogP contribution in [0, 0.1) is 41.5 Å². The van der Waals surface area contributed by atoms with E-state index in [-0.39, 0.29) is 5.75 Å². The molecule has 0 spiro atoms. The second-order valence-electron chi connectivity index (χ2n) is 7.23. The van der Waals surface area contributed by atoms with Gasteiger partial charge in [-0.15, -0.1) is 0 Å². The van der Waals surface area contributed by atoms with E-state index in [0.29, 0.717) is 0 Å². The molecule has 0 aromatic heterocycles. The summed E-state index contributed by atoms with van der Waals surface area (Å²) in [4.78, 5) is 0. The van der Waals surface area contributed by atoms with E-state index < -0.39 is 0 Å². The van der Waals surface area contributed by atoms with E-state index in [1.54, 1.807) is 0 Å². The van der Waals surface area contributed by atoms with E-state index in [2.05, 4.69) is 65.8 Å². The highest BCUT2D eigenvalue weighted by molar-refractivity contribution is 5.86. The third-order valence-corrected chi connectivity index (χ3v) is 4.91. The van der Waals surface area contributed by atoms with Crippen molar-refractivity contribution in [2.24, 2.45) is 0 Å². The first kappa shape index (κ1) is 17.3. The lowest BCUT2D eigenvalue weighted by Gasteiger charge is -2.16. The van der Waals surface area contributed by atoms with Gasteiger partial charge in [0.1, 0.15) is 0 Å². The van der Waals surface area contributed by atoms with Crippen molar-refractivity contribution in [1.82, 2.24) is 0 Å². The van der Waals surface area contributed by atoms with Crippen LogP contribution in [-0.4, -0.2) is 0 Å². The maximum atomic E-state index is 13.3. The van der Waals surface area contributed by atoms with E-state index in [4.69, 9.17) is 0 Å². The zero-order valence-electron chi connectivity index (χ0n) is 15.9. The molecule has 0 saturated carbocycles. The Kier molecular flexibility index (Phi) is 4.43. The van der Waals surface area contributed by atoms with Crippen molar-refractivity contribution >= 4 is 0 Å². The third kappa shape index (κ3) is 3.07. The molecule has 1 nitrogen and oxygen atoms in total. The minimum atomic E-state index is 0.118. The molecule has 0 saturated heterocycles. The van der Waals surface area contributed by atoms with Crippen LogP contribution in [0.1, 0.15) is 33.4 Å². The summed E-state index contributed by atoms with van der Waals surface area (Å²) in [5.41, 5.74) is 10.8. The second kappa shape index (κ2) is 6.40. The highest BCUT2D eigenvalue weighted by Gasteiger charge is 2.18. The smallest absolute Gasteiger partial charge is 0.194 e. The summed E-state index contributed by atoms with van der Waals surface area (Å²) >= 11 is 0. The Labute approximate surface area is 151 Å². The first-order chi connectivity index (χ1) is 11.8. The molecule has 0 aliphatic heterocycles. The molecule has 3 rings (SSSR count). The fourth-order valence-electron chi connectivity index (χ4n) is 4.14. The topological polar surface area (TPSA) is 19.9 Å². The van der Waals surface area contributed by atoms with Gasteiger partial charge in [-0.3, -0.25) is 5.11 Å². The summed E-state index contributed by atoms with van der Waals surface area (Å²) < 4.78 is 0. The van der Waals surface area contributed by atoms with Crippen molar-refractivity contribution in [3.8, 4) is 28.0 Å². The van der Waals surface area contributed by atoms with Crippen LogP contribution < -0.4 is 0 Å². The van der Waals surface area contributed by atoms with E-state index in [1.807, 2.05) is 18.2 Å². The van der Waals surface area contributed by atoms with Gasteiger partial charge in [0.2, 0.25) is 0 Å². The summed E-state index contributed by atoms with van der Waals surface area (Å²) in [6, 6.07) is 14.5. The molecule has 25 heavy (non-hydrogen) atoms. The molecule has 3 aromatic carbocycles. The Hall–Kier alpha value is -2.54. The number of para-hydroxylation sites is 1. The number of benzene rings is 3. The Bertz CT molecular complexity index is 842. The molecule has 0 N–H and O–H groups in total. The van der Waals surface area contributed by atoms with Gasteiger partial charge >= 0.3 is 0 Å². The molecule has 1 radical (unpaired) electrons. The molecule has 0 fully saturated rings. The van der Waals surface area contributed by atoms with Gasteiger partial charge in [0.05, 0.1) is 0 Å². The van der Waals surface area contributed by atoms with Gasteiger partial charge in [0, 0.05) is 11.1 Å². The molecule has 0 aliphatic carbocycles. The van der Waals surface area contributed by atoms with Crippen LogP contribution >= 0.6 is 0 Å². The van der Waals surface area contributed by atoms with Crippen molar-refractivity contribution in [3.05, 3.63) is 75.8 Å². The molecule has 0 unspecified atom stereocenters. The van der Waals surface area contributed by atoms with Gasteiger partial charge in [-0.1, -0.05) is 53.6 Å². The Morgan fingerprint density at radius 2 is 0.880 bits per heavy atom. The SMILES string of the molecule is Cc1cc(C)c(-c2cccc(-c3c(C)cc(C)cc3C)c2[O])c(C)c1. The summed E-state index contributed by atoms with van der Waals surface area (Å²) in [6.07, 6.45) is 0. The zero-order valence-corrected chi connectivity index (χ0v) is 15.9. The van der Waals surface area contributed by atoms with E-state index in [9.17, 15) is 5.11 Å². The van der Waals surface area contributed by atoms with Gasteiger partial charge in [0.25, 0.3) is 0 Å². The molecule has 0 heterocycles. The Balaban J connectivity index is 2.28. The highest BCUT2D eigenvalue weighted by atomic mass is 16.3. The van der Waals surface area contributed by atoms with Gasteiger partial charge in [-0.25, -0.2) is 0 Å². The summed E-state index contributed by atoms with van der Waals surface area (Å²) in [6.45, 7) is 12.5. The minimum Gasteiger partial charge on any atom is -0.289 e. The first-order valence-electron chi connectivity index (χ1n) is 8.76. The van der Waals surface area contributed by atoms with E-state index in [1.165, 1.54) is 11.1 Å².